The summed E-state index contributed by atoms with van der Waals surface area (Å²) in [5.74, 6) is 0. The Morgan fingerprint density at radius 2 is 1.68 bits per heavy atom. The number of benzene rings is 1. The molecule has 100 valence electrons. The highest BCUT2D eigenvalue weighted by molar-refractivity contribution is 6.33. The molecule has 0 radical (unpaired) electrons. The highest BCUT2D eigenvalue weighted by atomic mass is 35.5. The number of piperazine rings is 1. The predicted molar refractivity (Wildman–Crippen MR) is 80.5 cm³/mol. The lowest BCUT2D eigenvalue weighted by atomic mass is 10.2. The molecule has 2 aromatic rings. The molecular weight excluding hydrogens is 258 g/mol. The van der Waals surface area contributed by atoms with Crippen LogP contribution < -0.4 is 4.90 Å². The van der Waals surface area contributed by atoms with Crippen molar-refractivity contribution in [2.45, 2.75) is 0 Å². The van der Waals surface area contributed by atoms with Crippen molar-refractivity contribution in [1.29, 1.82) is 0 Å². The minimum Gasteiger partial charge on any atom is -0.368 e. The number of hydrogen-bond acceptors (Lipinski definition) is 2. The Kier molecular flexibility index (Phi) is 3.49. The number of likely N-dealkylation sites (N-methyl/N-ethyl adjacent to an activating group) is 1. The fourth-order valence-corrected chi connectivity index (χ4v) is 2.76. The largest absolute Gasteiger partial charge is 0.368 e. The highest BCUT2D eigenvalue weighted by Gasteiger charge is 2.16. The van der Waals surface area contributed by atoms with Crippen LogP contribution in [0.4, 0.5) is 5.69 Å². The maximum Gasteiger partial charge on any atom is 0.0660 e. The van der Waals surface area contributed by atoms with Crippen LogP contribution in [0.25, 0.3) is 5.69 Å². The van der Waals surface area contributed by atoms with Crippen molar-refractivity contribution in [2.24, 2.45) is 0 Å². The van der Waals surface area contributed by atoms with Crippen LogP contribution >= 0.6 is 11.6 Å². The maximum atomic E-state index is 6.45. The molecule has 0 atom stereocenters. The van der Waals surface area contributed by atoms with Crippen molar-refractivity contribution < 1.29 is 0 Å². The zero-order chi connectivity index (χ0) is 13.2. The number of anilines is 1. The number of nitrogens with zero attached hydrogens (tertiary/aromatic N) is 3. The van der Waals surface area contributed by atoms with Crippen molar-refractivity contribution in [3.8, 4) is 5.69 Å². The van der Waals surface area contributed by atoms with Gasteiger partial charge in [0.1, 0.15) is 0 Å². The van der Waals surface area contributed by atoms with Crippen LogP contribution in [0.15, 0.2) is 42.7 Å². The first-order chi connectivity index (χ1) is 9.24. The molecule has 1 aromatic carbocycles. The Balaban J connectivity index is 1.84. The number of rotatable bonds is 2. The molecule has 19 heavy (non-hydrogen) atoms. The van der Waals surface area contributed by atoms with E-state index in [4.69, 9.17) is 11.6 Å². The normalized spacial score (nSPS) is 16.8. The number of aromatic nitrogens is 1. The third kappa shape index (κ3) is 2.62. The third-order valence-electron chi connectivity index (χ3n) is 3.68. The van der Waals surface area contributed by atoms with E-state index in [0.717, 1.165) is 42.6 Å². The molecule has 0 amide bonds. The van der Waals surface area contributed by atoms with Gasteiger partial charge < -0.3 is 14.4 Å². The second-order valence-electron chi connectivity index (χ2n) is 5.02. The Morgan fingerprint density at radius 3 is 2.32 bits per heavy atom. The molecule has 1 fully saturated rings. The molecule has 3 rings (SSSR count). The second kappa shape index (κ2) is 5.27. The minimum atomic E-state index is 0.829. The van der Waals surface area contributed by atoms with Crippen LogP contribution in [-0.4, -0.2) is 42.7 Å². The Morgan fingerprint density at radius 1 is 1.00 bits per heavy atom. The molecule has 3 nitrogen and oxygen atoms in total. The molecule has 1 aliphatic heterocycles. The molecule has 1 aliphatic rings. The van der Waals surface area contributed by atoms with Crippen molar-refractivity contribution in [1.82, 2.24) is 9.47 Å². The second-order valence-corrected chi connectivity index (χ2v) is 5.42. The fourth-order valence-electron chi connectivity index (χ4n) is 2.47. The van der Waals surface area contributed by atoms with Crippen molar-refractivity contribution in [3.63, 3.8) is 0 Å². The third-order valence-corrected chi connectivity index (χ3v) is 3.98. The molecular formula is C15H18ClN3. The fraction of sp³-hybridized carbons (Fsp3) is 0.333. The first-order valence-corrected chi connectivity index (χ1v) is 6.98. The lowest BCUT2D eigenvalue weighted by molar-refractivity contribution is 0.313. The summed E-state index contributed by atoms with van der Waals surface area (Å²) in [5.41, 5.74) is 2.25. The molecule has 0 spiro atoms. The van der Waals surface area contributed by atoms with E-state index in [1.54, 1.807) is 0 Å². The van der Waals surface area contributed by atoms with Gasteiger partial charge in [0.05, 0.1) is 10.7 Å². The van der Waals surface area contributed by atoms with Gasteiger partial charge in [-0.15, -0.1) is 0 Å². The van der Waals surface area contributed by atoms with E-state index in [9.17, 15) is 0 Å². The van der Waals surface area contributed by atoms with Gasteiger partial charge in [-0.05, 0) is 37.4 Å². The highest BCUT2D eigenvalue weighted by Crippen LogP contribution is 2.29. The van der Waals surface area contributed by atoms with Gasteiger partial charge in [0.25, 0.3) is 0 Å². The van der Waals surface area contributed by atoms with Gasteiger partial charge in [-0.2, -0.15) is 0 Å². The van der Waals surface area contributed by atoms with Gasteiger partial charge in [0, 0.05) is 44.3 Å². The van der Waals surface area contributed by atoms with E-state index in [-0.39, 0.29) is 0 Å². The Labute approximate surface area is 119 Å². The van der Waals surface area contributed by atoms with E-state index >= 15 is 0 Å². The van der Waals surface area contributed by atoms with E-state index < -0.39 is 0 Å². The Bertz CT molecular complexity index is 543. The van der Waals surface area contributed by atoms with Crippen molar-refractivity contribution in [3.05, 3.63) is 47.7 Å². The molecule has 0 N–H and O–H groups in total. The average molecular weight is 276 g/mol. The van der Waals surface area contributed by atoms with E-state index in [0.29, 0.717) is 0 Å². The molecule has 1 saturated heterocycles. The summed E-state index contributed by atoms with van der Waals surface area (Å²) in [6.45, 7) is 4.27. The Hall–Kier alpha value is -1.45. The summed E-state index contributed by atoms with van der Waals surface area (Å²) in [5, 5.41) is 0.829. The lowest BCUT2D eigenvalue weighted by Crippen LogP contribution is -2.44. The molecule has 1 aromatic heterocycles. The first-order valence-electron chi connectivity index (χ1n) is 6.60. The van der Waals surface area contributed by atoms with E-state index in [2.05, 4.69) is 33.5 Å². The van der Waals surface area contributed by atoms with Crippen LogP contribution in [-0.2, 0) is 0 Å². The summed E-state index contributed by atoms with van der Waals surface area (Å²) < 4.78 is 2.07. The first kappa shape index (κ1) is 12.6. The monoisotopic (exact) mass is 275 g/mol. The SMILES string of the molecule is CN1CCN(c2ccc(-n3cccc3)cc2Cl)CC1. The molecule has 0 bridgehead atoms. The molecule has 0 saturated carbocycles. The average Bonchev–Trinajstić information content (AvgIpc) is 2.94. The van der Waals surface area contributed by atoms with Crippen molar-refractivity contribution in [2.75, 3.05) is 38.1 Å². The molecule has 0 aliphatic carbocycles. The molecule has 0 unspecified atom stereocenters. The van der Waals surface area contributed by atoms with Crippen LogP contribution in [0.3, 0.4) is 0 Å². The van der Waals surface area contributed by atoms with Gasteiger partial charge in [0.2, 0.25) is 0 Å². The smallest absolute Gasteiger partial charge is 0.0660 e. The number of hydrogen-bond donors (Lipinski definition) is 0. The van der Waals surface area contributed by atoms with Gasteiger partial charge in [0.15, 0.2) is 0 Å². The minimum absolute atomic E-state index is 0.829. The number of halogens is 1. The van der Waals surface area contributed by atoms with Crippen LogP contribution in [0.1, 0.15) is 0 Å². The van der Waals surface area contributed by atoms with Crippen LogP contribution in [0.5, 0.6) is 0 Å². The van der Waals surface area contributed by atoms with Gasteiger partial charge >= 0.3 is 0 Å². The van der Waals surface area contributed by atoms with E-state index in [1.165, 1.54) is 0 Å². The quantitative estimate of drug-likeness (QED) is 0.835. The summed E-state index contributed by atoms with van der Waals surface area (Å²) in [6.07, 6.45) is 4.06. The standard InChI is InChI=1S/C15H18ClN3/c1-17-8-10-19(11-9-17)15-5-4-13(12-14(15)16)18-6-2-3-7-18/h2-7,12H,8-11H2,1H3. The van der Waals surface area contributed by atoms with Crippen molar-refractivity contribution >= 4 is 17.3 Å². The van der Waals surface area contributed by atoms with Gasteiger partial charge in [-0.25, -0.2) is 0 Å². The lowest BCUT2D eigenvalue weighted by Gasteiger charge is -2.34. The summed E-state index contributed by atoms with van der Waals surface area (Å²) >= 11 is 6.45. The van der Waals surface area contributed by atoms with Crippen LogP contribution in [0, 0.1) is 0 Å². The van der Waals surface area contributed by atoms with Crippen LogP contribution in [0.2, 0.25) is 5.02 Å². The zero-order valence-electron chi connectivity index (χ0n) is 11.1. The zero-order valence-corrected chi connectivity index (χ0v) is 11.8. The van der Waals surface area contributed by atoms with Gasteiger partial charge in [-0.1, -0.05) is 11.6 Å². The maximum absolute atomic E-state index is 6.45. The summed E-state index contributed by atoms with van der Waals surface area (Å²) in [6, 6.07) is 10.3. The summed E-state index contributed by atoms with van der Waals surface area (Å²) in [4.78, 5) is 4.71. The topological polar surface area (TPSA) is 11.4 Å². The molecule has 4 heteroatoms. The van der Waals surface area contributed by atoms with E-state index in [1.807, 2.05) is 30.6 Å². The summed E-state index contributed by atoms with van der Waals surface area (Å²) in [7, 11) is 2.16. The molecule has 2 heterocycles. The van der Waals surface area contributed by atoms with Gasteiger partial charge in [-0.3, -0.25) is 0 Å². The predicted octanol–water partition coefficient (Wildman–Crippen LogP) is 2.88.